The van der Waals surface area contributed by atoms with Crippen LogP contribution in [0.15, 0.2) is 29.2 Å². The van der Waals surface area contributed by atoms with Crippen LogP contribution in [0.4, 0.5) is 0 Å². The molecule has 1 N–H and O–H groups in total. The van der Waals surface area contributed by atoms with E-state index < -0.39 is 16.0 Å². The maximum atomic E-state index is 12.5. The molecule has 0 spiro atoms. The number of carbonyl (C=O) groups is 1. The number of aromatic carboxylic acids is 1. The van der Waals surface area contributed by atoms with Crippen molar-refractivity contribution in [2.24, 2.45) is 0 Å². The zero-order chi connectivity index (χ0) is 14.8. The van der Waals surface area contributed by atoms with Crippen LogP contribution in [0.25, 0.3) is 0 Å². The lowest BCUT2D eigenvalue weighted by atomic mass is 10.2. The summed E-state index contributed by atoms with van der Waals surface area (Å²) in [4.78, 5) is 10.9. The zero-order valence-corrected chi connectivity index (χ0v) is 12.3. The Hall–Kier alpha value is -1.40. The predicted molar refractivity (Wildman–Crippen MR) is 72.7 cm³/mol. The normalized spacial score (nSPS) is 12.4. The Morgan fingerprint density at radius 2 is 1.47 bits per heavy atom. The van der Waals surface area contributed by atoms with Crippen molar-refractivity contribution < 1.29 is 18.3 Å². The van der Waals surface area contributed by atoms with Crippen molar-refractivity contribution in [2.45, 2.75) is 44.7 Å². The van der Waals surface area contributed by atoms with Gasteiger partial charge in [-0.1, -0.05) is 0 Å². The minimum absolute atomic E-state index is 0.0691. The van der Waals surface area contributed by atoms with Gasteiger partial charge in [-0.3, -0.25) is 0 Å². The van der Waals surface area contributed by atoms with Crippen LogP contribution in [0.2, 0.25) is 0 Å². The van der Waals surface area contributed by atoms with Gasteiger partial charge in [0.05, 0.1) is 10.5 Å². The number of carboxylic acids is 1. The van der Waals surface area contributed by atoms with E-state index in [1.54, 1.807) is 0 Å². The van der Waals surface area contributed by atoms with Gasteiger partial charge in [0.25, 0.3) is 0 Å². The third-order valence-corrected chi connectivity index (χ3v) is 4.96. The summed E-state index contributed by atoms with van der Waals surface area (Å²) in [7, 11) is -3.60. The molecule has 0 heterocycles. The predicted octanol–water partition coefficient (Wildman–Crippen LogP) is 2.19. The van der Waals surface area contributed by atoms with Gasteiger partial charge in [-0.2, -0.15) is 4.31 Å². The summed E-state index contributed by atoms with van der Waals surface area (Å²) in [5.74, 6) is -1.08. The molecule has 0 atom stereocenters. The summed E-state index contributed by atoms with van der Waals surface area (Å²) in [5, 5.41) is 8.80. The van der Waals surface area contributed by atoms with E-state index in [-0.39, 0.29) is 22.5 Å². The van der Waals surface area contributed by atoms with Gasteiger partial charge < -0.3 is 5.11 Å². The van der Waals surface area contributed by atoms with Crippen LogP contribution in [0.5, 0.6) is 0 Å². The average molecular weight is 285 g/mol. The summed E-state index contributed by atoms with van der Waals surface area (Å²) >= 11 is 0. The van der Waals surface area contributed by atoms with Gasteiger partial charge in [-0.05, 0) is 52.0 Å². The molecule has 0 aliphatic heterocycles. The third kappa shape index (κ3) is 3.33. The number of hydrogen-bond acceptors (Lipinski definition) is 3. The van der Waals surface area contributed by atoms with E-state index in [4.69, 9.17) is 5.11 Å². The third-order valence-electron chi connectivity index (χ3n) is 2.69. The lowest BCUT2D eigenvalue weighted by Gasteiger charge is -2.29. The van der Waals surface area contributed by atoms with Crippen molar-refractivity contribution in [2.75, 3.05) is 0 Å². The molecule has 0 aliphatic carbocycles. The molecule has 1 aromatic rings. The molecule has 0 saturated carbocycles. The van der Waals surface area contributed by atoms with Crippen molar-refractivity contribution in [1.82, 2.24) is 4.31 Å². The summed E-state index contributed by atoms with van der Waals surface area (Å²) < 4.78 is 26.4. The Morgan fingerprint density at radius 1 is 1.05 bits per heavy atom. The van der Waals surface area contributed by atoms with Gasteiger partial charge in [-0.15, -0.1) is 0 Å². The van der Waals surface area contributed by atoms with Crippen molar-refractivity contribution in [3.8, 4) is 0 Å². The first kappa shape index (κ1) is 15.7. The molecule has 0 bridgehead atoms. The highest BCUT2D eigenvalue weighted by atomic mass is 32.2. The highest BCUT2D eigenvalue weighted by Gasteiger charge is 2.29. The molecule has 0 amide bonds. The number of benzene rings is 1. The lowest BCUT2D eigenvalue weighted by molar-refractivity contribution is 0.0696. The molecule has 1 aromatic carbocycles. The van der Waals surface area contributed by atoms with Crippen LogP contribution in [0, 0.1) is 0 Å². The van der Waals surface area contributed by atoms with E-state index in [1.165, 1.54) is 28.6 Å². The molecule has 19 heavy (non-hydrogen) atoms. The monoisotopic (exact) mass is 285 g/mol. The van der Waals surface area contributed by atoms with Gasteiger partial charge >= 0.3 is 5.97 Å². The maximum Gasteiger partial charge on any atom is 0.335 e. The fourth-order valence-electron chi connectivity index (χ4n) is 2.04. The van der Waals surface area contributed by atoms with Crippen molar-refractivity contribution in [3.05, 3.63) is 29.8 Å². The molecule has 0 saturated heterocycles. The molecule has 106 valence electrons. The van der Waals surface area contributed by atoms with E-state index in [0.29, 0.717) is 0 Å². The highest BCUT2D eigenvalue weighted by Crippen LogP contribution is 2.21. The van der Waals surface area contributed by atoms with E-state index >= 15 is 0 Å². The quantitative estimate of drug-likeness (QED) is 0.900. The van der Waals surface area contributed by atoms with Crippen LogP contribution >= 0.6 is 0 Å². The van der Waals surface area contributed by atoms with Crippen LogP contribution in [-0.4, -0.2) is 35.9 Å². The number of carboxylic acid groups (broad SMARTS) is 1. The van der Waals surface area contributed by atoms with Crippen LogP contribution in [0.1, 0.15) is 38.1 Å². The highest BCUT2D eigenvalue weighted by molar-refractivity contribution is 7.89. The Labute approximate surface area is 113 Å². The van der Waals surface area contributed by atoms with Gasteiger partial charge in [0.1, 0.15) is 0 Å². The van der Waals surface area contributed by atoms with Gasteiger partial charge in [0.15, 0.2) is 0 Å². The molecule has 0 fully saturated rings. The summed E-state index contributed by atoms with van der Waals surface area (Å²) in [6.45, 7) is 7.23. The van der Waals surface area contributed by atoms with Gasteiger partial charge in [-0.25, -0.2) is 13.2 Å². The Bertz CT molecular complexity index is 539. The molecular weight excluding hydrogens is 266 g/mol. The minimum Gasteiger partial charge on any atom is -0.478 e. The number of rotatable bonds is 5. The number of nitrogens with zero attached hydrogens (tertiary/aromatic N) is 1. The van der Waals surface area contributed by atoms with Crippen LogP contribution < -0.4 is 0 Å². The Balaban J connectivity index is 3.22. The van der Waals surface area contributed by atoms with Crippen molar-refractivity contribution in [1.29, 1.82) is 0 Å². The molecule has 0 radical (unpaired) electrons. The fraction of sp³-hybridized carbons (Fsp3) is 0.462. The molecule has 5 nitrogen and oxygen atoms in total. The van der Waals surface area contributed by atoms with Crippen LogP contribution in [0.3, 0.4) is 0 Å². The molecule has 1 rings (SSSR count). The van der Waals surface area contributed by atoms with Crippen molar-refractivity contribution >= 4 is 16.0 Å². The summed E-state index contributed by atoms with van der Waals surface area (Å²) in [5.41, 5.74) is 0.0691. The SMILES string of the molecule is CC(C)N(C(C)C)S(=O)(=O)c1ccc(C(=O)O)cc1. The van der Waals surface area contributed by atoms with E-state index in [2.05, 4.69) is 0 Å². The molecule has 6 heteroatoms. The lowest BCUT2D eigenvalue weighted by Crippen LogP contribution is -2.41. The molecular formula is C13H19NO4S. The smallest absolute Gasteiger partial charge is 0.335 e. The molecule has 0 aliphatic rings. The number of hydrogen-bond donors (Lipinski definition) is 1. The van der Waals surface area contributed by atoms with Crippen LogP contribution in [-0.2, 0) is 10.0 Å². The minimum atomic E-state index is -3.60. The molecule has 0 aromatic heterocycles. The second-order valence-electron chi connectivity index (χ2n) is 4.85. The van der Waals surface area contributed by atoms with E-state index in [9.17, 15) is 13.2 Å². The second-order valence-corrected chi connectivity index (χ2v) is 6.70. The topological polar surface area (TPSA) is 74.7 Å². The Kier molecular flexibility index (Phi) is 4.70. The average Bonchev–Trinajstić information content (AvgIpc) is 2.27. The summed E-state index contributed by atoms with van der Waals surface area (Å²) in [6, 6.07) is 4.93. The van der Waals surface area contributed by atoms with E-state index in [0.717, 1.165) is 0 Å². The van der Waals surface area contributed by atoms with E-state index in [1.807, 2.05) is 27.7 Å². The summed E-state index contributed by atoms with van der Waals surface area (Å²) in [6.07, 6.45) is 0. The standard InChI is InChI=1S/C13H19NO4S/c1-9(2)14(10(3)4)19(17,18)12-7-5-11(6-8-12)13(15)16/h5-10H,1-4H3,(H,15,16). The first-order chi connectivity index (χ1) is 8.67. The Morgan fingerprint density at radius 3 is 1.79 bits per heavy atom. The second kappa shape index (κ2) is 5.71. The molecule has 0 unspecified atom stereocenters. The fourth-order valence-corrected chi connectivity index (χ4v) is 3.88. The van der Waals surface area contributed by atoms with Gasteiger partial charge in [0.2, 0.25) is 10.0 Å². The first-order valence-electron chi connectivity index (χ1n) is 6.04. The van der Waals surface area contributed by atoms with Crippen molar-refractivity contribution in [3.63, 3.8) is 0 Å². The maximum absolute atomic E-state index is 12.5. The number of sulfonamides is 1. The first-order valence-corrected chi connectivity index (χ1v) is 7.48. The largest absolute Gasteiger partial charge is 0.478 e. The van der Waals surface area contributed by atoms with Gasteiger partial charge in [0, 0.05) is 12.1 Å². The zero-order valence-electron chi connectivity index (χ0n) is 11.5.